The number of rotatable bonds is 2. The molecule has 0 N–H and O–H groups in total. The molecule has 1 aliphatic carbocycles. The number of hydrogen-bond acceptors (Lipinski definition) is 4. The SMILES string of the molecule is CC(C)c1cccc2c1C(=O)N(C1CCC(=O)CCC1=O)C2=O. The van der Waals surface area contributed by atoms with Crippen LogP contribution >= 0.6 is 0 Å². The molecule has 5 heteroatoms. The number of Topliss-reactive ketones (excluding diaryl/α,β-unsaturated/α-hetero) is 2. The van der Waals surface area contributed by atoms with Crippen LogP contribution in [0.4, 0.5) is 0 Å². The number of carbonyl (C=O) groups is 4. The van der Waals surface area contributed by atoms with Crippen molar-refractivity contribution in [3.05, 3.63) is 34.9 Å². The van der Waals surface area contributed by atoms with Gasteiger partial charge in [-0.1, -0.05) is 26.0 Å². The van der Waals surface area contributed by atoms with Crippen LogP contribution < -0.4 is 0 Å². The van der Waals surface area contributed by atoms with Gasteiger partial charge in [0, 0.05) is 19.3 Å². The van der Waals surface area contributed by atoms with Crippen molar-refractivity contribution in [2.24, 2.45) is 0 Å². The smallest absolute Gasteiger partial charge is 0.262 e. The zero-order chi connectivity index (χ0) is 16.7. The summed E-state index contributed by atoms with van der Waals surface area (Å²) in [5.74, 6) is -0.896. The number of nitrogens with zero attached hydrogens (tertiary/aromatic N) is 1. The average Bonchev–Trinajstić information content (AvgIpc) is 2.66. The van der Waals surface area contributed by atoms with E-state index in [0.717, 1.165) is 10.5 Å². The maximum absolute atomic E-state index is 12.8. The van der Waals surface area contributed by atoms with Crippen LogP contribution in [0, 0.1) is 0 Å². The van der Waals surface area contributed by atoms with Gasteiger partial charge >= 0.3 is 0 Å². The lowest BCUT2D eigenvalue weighted by molar-refractivity contribution is -0.124. The molecule has 0 radical (unpaired) electrons. The van der Waals surface area contributed by atoms with Gasteiger partial charge in [-0.25, -0.2) is 0 Å². The normalized spacial score (nSPS) is 21.9. The largest absolute Gasteiger partial charge is 0.300 e. The lowest BCUT2D eigenvalue weighted by atomic mass is 9.94. The monoisotopic (exact) mass is 313 g/mol. The van der Waals surface area contributed by atoms with E-state index < -0.39 is 17.9 Å². The molecule has 1 unspecified atom stereocenters. The van der Waals surface area contributed by atoms with E-state index in [0.29, 0.717) is 11.1 Å². The molecule has 3 rings (SSSR count). The van der Waals surface area contributed by atoms with E-state index in [9.17, 15) is 19.2 Å². The van der Waals surface area contributed by atoms with Crippen molar-refractivity contribution in [2.45, 2.75) is 51.5 Å². The highest BCUT2D eigenvalue weighted by Crippen LogP contribution is 2.33. The molecule has 2 aliphatic rings. The maximum Gasteiger partial charge on any atom is 0.262 e. The Bertz CT molecular complexity index is 720. The highest BCUT2D eigenvalue weighted by atomic mass is 16.2. The molecular weight excluding hydrogens is 294 g/mol. The quantitative estimate of drug-likeness (QED) is 0.621. The first-order valence-corrected chi connectivity index (χ1v) is 7.97. The fraction of sp³-hybridized carbons (Fsp3) is 0.444. The second-order valence-corrected chi connectivity index (χ2v) is 6.46. The number of ketones is 2. The highest BCUT2D eigenvalue weighted by Gasteiger charge is 2.44. The van der Waals surface area contributed by atoms with Crippen LogP contribution in [-0.4, -0.2) is 34.3 Å². The standard InChI is InChI=1S/C18H19NO4/c1-10(2)12-4-3-5-13-16(12)18(23)19(17(13)22)14-8-6-11(20)7-9-15(14)21/h3-5,10,14H,6-9H2,1-2H3. The third-order valence-corrected chi connectivity index (χ3v) is 4.63. The number of imide groups is 1. The van der Waals surface area contributed by atoms with Crippen LogP contribution in [0.5, 0.6) is 0 Å². The van der Waals surface area contributed by atoms with E-state index in [1.807, 2.05) is 19.9 Å². The molecular formula is C18H19NO4. The van der Waals surface area contributed by atoms with E-state index in [1.165, 1.54) is 0 Å². The van der Waals surface area contributed by atoms with Crippen molar-refractivity contribution >= 4 is 23.4 Å². The first-order valence-electron chi connectivity index (χ1n) is 7.97. The lowest BCUT2D eigenvalue weighted by Gasteiger charge is -2.23. The molecule has 1 aliphatic heterocycles. The Balaban J connectivity index is 2.02. The summed E-state index contributed by atoms with van der Waals surface area (Å²) in [5, 5.41) is 0. The molecule has 120 valence electrons. The molecule has 0 aromatic heterocycles. The van der Waals surface area contributed by atoms with Crippen molar-refractivity contribution < 1.29 is 19.2 Å². The third kappa shape index (κ3) is 2.50. The third-order valence-electron chi connectivity index (χ3n) is 4.63. The summed E-state index contributed by atoms with van der Waals surface area (Å²) in [7, 11) is 0. The Morgan fingerprint density at radius 2 is 1.74 bits per heavy atom. The molecule has 0 saturated heterocycles. The van der Waals surface area contributed by atoms with Gasteiger partial charge in [0.15, 0.2) is 5.78 Å². The van der Waals surface area contributed by atoms with E-state index in [1.54, 1.807) is 12.1 Å². The van der Waals surface area contributed by atoms with E-state index >= 15 is 0 Å². The van der Waals surface area contributed by atoms with E-state index in [4.69, 9.17) is 0 Å². The summed E-state index contributed by atoms with van der Waals surface area (Å²) >= 11 is 0. The van der Waals surface area contributed by atoms with Gasteiger partial charge in [-0.2, -0.15) is 0 Å². The summed E-state index contributed by atoms with van der Waals surface area (Å²) < 4.78 is 0. The van der Waals surface area contributed by atoms with Gasteiger partial charge in [0.1, 0.15) is 5.78 Å². The summed E-state index contributed by atoms with van der Waals surface area (Å²) in [6, 6.07) is 4.43. The summed E-state index contributed by atoms with van der Waals surface area (Å²) in [5.41, 5.74) is 1.60. The second kappa shape index (κ2) is 5.72. The van der Waals surface area contributed by atoms with E-state index in [-0.39, 0.29) is 43.2 Å². The molecule has 23 heavy (non-hydrogen) atoms. The van der Waals surface area contributed by atoms with Crippen LogP contribution in [0.2, 0.25) is 0 Å². The number of fused-ring (bicyclic) bond motifs is 1. The van der Waals surface area contributed by atoms with Crippen molar-refractivity contribution in [3.8, 4) is 0 Å². The minimum absolute atomic E-state index is 0.0142. The first kappa shape index (κ1) is 15.6. The molecule has 1 aromatic carbocycles. The Kier molecular flexibility index (Phi) is 3.88. The van der Waals surface area contributed by atoms with E-state index in [2.05, 4.69) is 0 Å². The first-order chi connectivity index (χ1) is 10.9. The van der Waals surface area contributed by atoms with Gasteiger partial charge in [-0.05, 0) is 24.0 Å². The minimum Gasteiger partial charge on any atom is -0.300 e. The van der Waals surface area contributed by atoms with Gasteiger partial charge < -0.3 is 0 Å². The number of hydrogen-bond donors (Lipinski definition) is 0. The average molecular weight is 313 g/mol. The molecule has 2 amide bonds. The predicted molar refractivity (Wildman–Crippen MR) is 83.3 cm³/mol. The van der Waals surface area contributed by atoms with Crippen molar-refractivity contribution in [1.82, 2.24) is 4.90 Å². The molecule has 0 bridgehead atoms. The van der Waals surface area contributed by atoms with Crippen molar-refractivity contribution in [1.29, 1.82) is 0 Å². The molecule has 1 heterocycles. The predicted octanol–water partition coefficient (Wildman–Crippen LogP) is 2.49. The topological polar surface area (TPSA) is 71.5 Å². The highest BCUT2D eigenvalue weighted by molar-refractivity contribution is 6.23. The molecule has 1 aromatic rings. The summed E-state index contributed by atoms with van der Waals surface area (Å²) in [6.07, 6.45) is 0.782. The van der Waals surface area contributed by atoms with Gasteiger partial charge in [0.2, 0.25) is 0 Å². The lowest BCUT2D eigenvalue weighted by Crippen LogP contribution is -2.44. The second-order valence-electron chi connectivity index (χ2n) is 6.46. The summed E-state index contributed by atoms with van der Waals surface area (Å²) in [6.45, 7) is 3.93. The Hall–Kier alpha value is -2.30. The molecule has 1 atom stereocenters. The van der Waals surface area contributed by atoms with Crippen LogP contribution in [0.1, 0.15) is 71.7 Å². The van der Waals surface area contributed by atoms with Crippen molar-refractivity contribution in [3.63, 3.8) is 0 Å². The minimum atomic E-state index is -0.811. The number of benzene rings is 1. The van der Waals surface area contributed by atoms with Crippen molar-refractivity contribution in [2.75, 3.05) is 0 Å². The van der Waals surface area contributed by atoms with Crippen LogP contribution in [0.15, 0.2) is 18.2 Å². The molecule has 5 nitrogen and oxygen atoms in total. The maximum atomic E-state index is 12.8. The number of amides is 2. The zero-order valence-corrected chi connectivity index (χ0v) is 13.3. The Labute approximate surface area is 134 Å². The van der Waals surface area contributed by atoms with Crippen LogP contribution in [-0.2, 0) is 9.59 Å². The van der Waals surface area contributed by atoms with Crippen LogP contribution in [0.25, 0.3) is 0 Å². The van der Waals surface area contributed by atoms with Gasteiger partial charge in [0.05, 0.1) is 17.2 Å². The van der Waals surface area contributed by atoms with Crippen LogP contribution in [0.3, 0.4) is 0 Å². The Morgan fingerprint density at radius 1 is 1.00 bits per heavy atom. The van der Waals surface area contributed by atoms with Gasteiger partial charge in [-0.3, -0.25) is 24.1 Å². The van der Waals surface area contributed by atoms with Gasteiger partial charge in [0.25, 0.3) is 11.8 Å². The molecule has 1 fully saturated rings. The fourth-order valence-corrected chi connectivity index (χ4v) is 3.38. The molecule has 1 saturated carbocycles. The Morgan fingerprint density at radius 3 is 2.43 bits per heavy atom. The summed E-state index contributed by atoms with van der Waals surface area (Å²) in [4.78, 5) is 50.5. The van der Waals surface area contributed by atoms with Gasteiger partial charge in [-0.15, -0.1) is 0 Å². The number of carbonyl (C=O) groups excluding carboxylic acids is 4. The molecule has 0 spiro atoms. The zero-order valence-electron chi connectivity index (χ0n) is 13.3. The fourth-order valence-electron chi connectivity index (χ4n) is 3.38.